The van der Waals surface area contributed by atoms with Gasteiger partial charge in [0.05, 0.1) is 17.6 Å². The van der Waals surface area contributed by atoms with Gasteiger partial charge in [0.25, 0.3) is 0 Å². The fourth-order valence-electron chi connectivity index (χ4n) is 1.47. The van der Waals surface area contributed by atoms with Crippen LogP contribution < -0.4 is 0 Å². The molecule has 104 valence electrons. The van der Waals surface area contributed by atoms with Gasteiger partial charge in [0.2, 0.25) is 5.82 Å². The number of nitro groups is 1. The van der Waals surface area contributed by atoms with Crippen molar-refractivity contribution in [3.63, 3.8) is 0 Å². The zero-order chi connectivity index (χ0) is 14.9. The summed E-state index contributed by atoms with van der Waals surface area (Å²) in [5.41, 5.74) is -1.63. The molecule has 0 saturated heterocycles. The number of nitrogens with zero attached hydrogens (tertiary/aromatic N) is 2. The van der Waals surface area contributed by atoms with E-state index in [0.717, 1.165) is 30.6 Å². The van der Waals surface area contributed by atoms with E-state index in [1.807, 2.05) is 0 Å². The normalized spacial score (nSPS) is 10.3. The molecule has 0 aliphatic heterocycles. The molecule has 6 nitrogen and oxygen atoms in total. The van der Waals surface area contributed by atoms with Crippen LogP contribution in [0, 0.1) is 21.7 Å². The van der Waals surface area contributed by atoms with E-state index in [1.165, 1.54) is 5.38 Å². The fourth-order valence-corrected chi connectivity index (χ4v) is 2.29. The van der Waals surface area contributed by atoms with Gasteiger partial charge in [-0.1, -0.05) is 0 Å². The lowest BCUT2D eigenvalue weighted by Gasteiger charge is -2.01. The number of halogens is 2. The molecule has 0 fully saturated rings. The van der Waals surface area contributed by atoms with Gasteiger partial charge in [-0.3, -0.25) is 10.1 Å². The van der Waals surface area contributed by atoms with Gasteiger partial charge in [-0.05, 0) is 6.07 Å². The highest BCUT2D eigenvalue weighted by molar-refractivity contribution is 7.13. The SMILES string of the molecule is COC(=O)c1csc(-c2c(F)ccc([N+](=O)[O-])c2F)n1. The summed E-state index contributed by atoms with van der Waals surface area (Å²) in [5, 5.41) is 11.7. The van der Waals surface area contributed by atoms with E-state index < -0.39 is 33.8 Å². The number of carbonyl (C=O) groups is 1. The van der Waals surface area contributed by atoms with Gasteiger partial charge in [0.1, 0.15) is 10.8 Å². The van der Waals surface area contributed by atoms with Crippen molar-refractivity contribution in [3.8, 4) is 10.6 Å². The Labute approximate surface area is 114 Å². The topological polar surface area (TPSA) is 82.3 Å². The lowest BCUT2D eigenvalue weighted by Crippen LogP contribution is -2.02. The molecule has 1 heterocycles. The average Bonchev–Trinajstić information content (AvgIpc) is 2.87. The van der Waals surface area contributed by atoms with Crippen molar-refractivity contribution in [2.24, 2.45) is 0 Å². The van der Waals surface area contributed by atoms with E-state index in [-0.39, 0.29) is 10.7 Å². The average molecular weight is 300 g/mol. The van der Waals surface area contributed by atoms with Crippen molar-refractivity contribution >= 4 is 23.0 Å². The van der Waals surface area contributed by atoms with E-state index in [1.54, 1.807) is 0 Å². The molecule has 1 aromatic carbocycles. The minimum absolute atomic E-state index is 0.127. The quantitative estimate of drug-likeness (QED) is 0.494. The van der Waals surface area contributed by atoms with E-state index >= 15 is 0 Å². The number of thiazole rings is 1. The Morgan fingerprint density at radius 2 is 2.15 bits per heavy atom. The highest BCUT2D eigenvalue weighted by Gasteiger charge is 2.25. The van der Waals surface area contributed by atoms with Crippen LogP contribution in [-0.2, 0) is 4.74 Å². The van der Waals surface area contributed by atoms with Crippen molar-refractivity contribution < 1.29 is 23.2 Å². The molecule has 0 saturated carbocycles. The smallest absolute Gasteiger partial charge is 0.357 e. The molecular formula is C11H6F2N2O4S. The van der Waals surface area contributed by atoms with Crippen LogP contribution in [0.1, 0.15) is 10.5 Å². The van der Waals surface area contributed by atoms with Crippen molar-refractivity contribution in [3.05, 3.63) is 45.0 Å². The van der Waals surface area contributed by atoms with Crippen LogP contribution in [0.15, 0.2) is 17.5 Å². The highest BCUT2D eigenvalue weighted by atomic mass is 32.1. The zero-order valence-corrected chi connectivity index (χ0v) is 10.7. The van der Waals surface area contributed by atoms with Crippen LogP contribution in [0.5, 0.6) is 0 Å². The second-order valence-corrected chi connectivity index (χ2v) is 4.40. The number of methoxy groups -OCH3 is 1. The number of aromatic nitrogens is 1. The lowest BCUT2D eigenvalue weighted by atomic mass is 10.2. The maximum atomic E-state index is 13.9. The van der Waals surface area contributed by atoms with Gasteiger partial charge in [-0.25, -0.2) is 14.2 Å². The molecule has 0 aliphatic carbocycles. The first kappa shape index (κ1) is 14.0. The van der Waals surface area contributed by atoms with Crippen LogP contribution in [0.4, 0.5) is 14.5 Å². The first-order chi connectivity index (χ1) is 9.45. The molecule has 0 aliphatic rings. The van der Waals surface area contributed by atoms with Crippen LogP contribution >= 0.6 is 11.3 Å². The standard InChI is InChI=1S/C11H6F2N2O4S/c1-19-11(16)6-4-20-10(14-6)8-5(12)2-3-7(9(8)13)15(17)18/h2-4H,1H3. The van der Waals surface area contributed by atoms with Crippen molar-refractivity contribution in [2.45, 2.75) is 0 Å². The summed E-state index contributed by atoms with van der Waals surface area (Å²) in [6.07, 6.45) is 0. The summed E-state index contributed by atoms with van der Waals surface area (Å²) in [7, 11) is 1.13. The number of ether oxygens (including phenoxy) is 1. The molecule has 9 heteroatoms. The predicted octanol–water partition coefficient (Wildman–Crippen LogP) is 2.78. The summed E-state index contributed by atoms with van der Waals surface area (Å²) < 4.78 is 32.0. The first-order valence-corrected chi connectivity index (χ1v) is 6.00. The highest BCUT2D eigenvalue weighted by Crippen LogP contribution is 2.33. The molecule has 20 heavy (non-hydrogen) atoms. The van der Waals surface area contributed by atoms with Gasteiger partial charge in [-0.15, -0.1) is 11.3 Å². The number of esters is 1. The molecule has 0 radical (unpaired) electrons. The Balaban J connectivity index is 2.57. The number of hydrogen-bond acceptors (Lipinski definition) is 6. The third-order valence-corrected chi connectivity index (χ3v) is 3.24. The van der Waals surface area contributed by atoms with Crippen LogP contribution in [0.2, 0.25) is 0 Å². The third kappa shape index (κ3) is 2.35. The Morgan fingerprint density at radius 3 is 2.75 bits per heavy atom. The summed E-state index contributed by atoms with van der Waals surface area (Å²) in [6.45, 7) is 0. The number of rotatable bonds is 3. The van der Waals surface area contributed by atoms with E-state index in [2.05, 4.69) is 9.72 Å². The second kappa shape index (κ2) is 5.29. The van der Waals surface area contributed by atoms with E-state index in [9.17, 15) is 23.7 Å². The maximum Gasteiger partial charge on any atom is 0.357 e. The Morgan fingerprint density at radius 1 is 1.45 bits per heavy atom. The van der Waals surface area contributed by atoms with Gasteiger partial charge in [0, 0.05) is 11.4 Å². The van der Waals surface area contributed by atoms with Crippen LogP contribution in [0.25, 0.3) is 10.6 Å². The first-order valence-electron chi connectivity index (χ1n) is 5.12. The minimum atomic E-state index is -1.33. The van der Waals surface area contributed by atoms with E-state index in [4.69, 9.17) is 0 Å². The summed E-state index contributed by atoms with van der Waals surface area (Å²) >= 11 is 0.781. The number of hydrogen-bond donors (Lipinski definition) is 0. The molecule has 0 N–H and O–H groups in total. The molecule has 0 atom stereocenters. The molecule has 2 aromatic rings. The van der Waals surface area contributed by atoms with Crippen molar-refractivity contribution in [2.75, 3.05) is 7.11 Å². The molecule has 0 amide bonds. The van der Waals surface area contributed by atoms with Gasteiger partial charge in [-0.2, -0.15) is 4.39 Å². The largest absolute Gasteiger partial charge is 0.464 e. The molecule has 0 unspecified atom stereocenters. The molecule has 2 rings (SSSR count). The monoisotopic (exact) mass is 300 g/mol. The van der Waals surface area contributed by atoms with Gasteiger partial charge < -0.3 is 4.74 Å². The summed E-state index contributed by atoms with van der Waals surface area (Å²) in [5.74, 6) is -3.10. The second-order valence-electron chi connectivity index (χ2n) is 3.54. The summed E-state index contributed by atoms with van der Waals surface area (Å²) in [4.78, 5) is 24.6. The third-order valence-electron chi connectivity index (χ3n) is 2.38. The van der Waals surface area contributed by atoms with Crippen molar-refractivity contribution in [1.82, 2.24) is 4.98 Å². The summed E-state index contributed by atoms with van der Waals surface area (Å²) in [6, 6.07) is 1.50. The Kier molecular flexibility index (Phi) is 3.70. The van der Waals surface area contributed by atoms with Gasteiger partial charge >= 0.3 is 11.7 Å². The molecular weight excluding hydrogens is 294 g/mol. The van der Waals surface area contributed by atoms with E-state index in [0.29, 0.717) is 0 Å². The Bertz CT molecular complexity index is 702. The van der Waals surface area contributed by atoms with Crippen LogP contribution in [-0.4, -0.2) is 23.0 Å². The van der Waals surface area contributed by atoms with Crippen LogP contribution in [0.3, 0.4) is 0 Å². The fraction of sp³-hybridized carbons (Fsp3) is 0.0909. The molecule has 1 aromatic heterocycles. The van der Waals surface area contributed by atoms with Gasteiger partial charge in [0.15, 0.2) is 5.69 Å². The minimum Gasteiger partial charge on any atom is -0.464 e. The Hall–Kier alpha value is -2.42. The zero-order valence-electron chi connectivity index (χ0n) is 9.92. The predicted molar refractivity (Wildman–Crippen MR) is 65.5 cm³/mol. The maximum absolute atomic E-state index is 13.9. The number of benzene rings is 1. The lowest BCUT2D eigenvalue weighted by molar-refractivity contribution is -0.387. The number of carbonyl (C=O) groups excluding carboxylic acids is 1. The van der Waals surface area contributed by atoms with Crippen molar-refractivity contribution in [1.29, 1.82) is 0 Å². The number of nitro benzene ring substituents is 1. The molecule has 0 bridgehead atoms. The molecule has 0 spiro atoms.